The van der Waals surface area contributed by atoms with Gasteiger partial charge in [0.25, 0.3) is 5.91 Å². The van der Waals surface area contributed by atoms with E-state index in [1.165, 1.54) is 0 Å². The molecule has 0 saturated heterocycles. The van der Waals surface area contributed by atoms with Crippen LogP contribution in [0.25, 0.3) is 11.0 Å². The van der Waals surface area contributed by atoms with Crippen molar-refractivity contribution in [3.05, 3.63) is 23.0 Å². The summed E-state index contributed by atoms with van der Waals surface area (Å²) in [7, 11) is 1.81. The lowest BCUT2D eigenvalue weighted by Gasteiger charge is -2.21. The normalized spacial score (nSPS) is 12.3. The molecule has 8 heteroatoms. The molecule has 2 amide bonds. The zero-order valence-corrected chi connectivity index (χ0v) is 16.9. The van der Waals surface area contributed by atoms with Crippen molar-refractivity contribution < 1.29 is 14.3 Å². The predicted molar refractivity (Wildman–Crippen MR) is 104 cm³/mol. The number of nitrogens with one attached hydrogen (secondary N) is 2. The van der Waals surface area contributed by atoms with Crippen LogP contribution in [0.2, 0.25) is 0 Å². The maximum absolute atomic E-state index is 12.9. The molecule has 0 saturated carbocycles. The molecule has 2 rings (SSSR count). The summed E-state index contributed by atoms with van der Waals surface area (Å²) in [6, 6.07) is 1.56. The van der Waals surface area contributed by atoms with Crippen molar-refractivity contribution in [2.24, 2.45) is 13.0 Å². The van der Waals surface area contributed by atoms with Crippen LogP contribution in [-0.2, 0) is 11.8 Å². The first-order valence-corrected chi connectivity index (χ1v) is 9.25. The van der Waals surface area contributed by atoms with Crippen LogP contribution in [0.15, 0.2) is 6.07 Å². The highest BCUT2D eigenvalue weighted by Crippen LogP contribution is 2.21. The van der Waals surface area contributed by atoms with E-state index in [2.05, 4.69) is 34.6 Å². The Morgan fingerprint density at radius 3 is 2.63 bits per heavy atom. The molecule has 27 heavy (non-hydrogen) atoms. The molecule has 0 fully saturated rings. The van der Waals surface area contributed by atoms with E-state index >= 15 is 0 Å². The standard InChI is InChI=1S/C19H29N5O3/c1-7-27-19(26)22-14(8-11(2)3)10-20-18(25)15-9-12(4)21-17-16(15)13(5)23-24(17)6/h9,11,14H,7-8,10H2,1-6H3,(H,20,25)(H,22,26). The van der Waals surface area contributed by atoms with Crippen LogP contribution in [0.3, 0.4) is 0 Å². The van der Waals surface area contributed by atoms with Gasteiger partial charge in [-0.1, -0.05) is 13.8 Å². The summed E-state index contributed by atoms with van der Waals surface area (Å²) in [6.45, 7) is 10.2. The number of fused-ring (bicyclic) bond motifs is 1. The van der Waals surface area contributed by atoms with E-state index in [9.17, 15) is 9.59 Å². The van der Waals surface area contributed by atoms with E-state index in [0.717, 1.165) is 23.2 Å². The molecule has 8 nitrogen and oxygen atoms in total. The molecule has 0 aliphatic rings. The second-order valence-corrected chi connectivity index (χ2v) is 7.12. The molecule has 2 aromatic heterocycles. The van der Waals surface area contributed by atoms with Gasteiger partial charge in [-0.15, -0.1) is 0 Å². The van der Waals surface area contributed by atoms with Gasteiger partial charge in [-0.3, -0.25) is 9.48 Å². The number of hydrogen-bond acceptors (Lipinski definition) is 5. The van der Waals surface area contributed by atoms with Crippen LogP contribution < -0.4 is 10.6 Å². The van der Waals surface area contributed by atoms with Gasteiger partial charge in [0.1, 0.15) is 0 Å². The molecule has 2 heterocycles. The molecule has 2 N–H and O–H groups in total. The van der Waals surface area contributed by atoms with Crippen molar-refractivity contribution in [2.45, 2.75) is 47.1 Å². The Balaban J connectivity index is 2.18. The van der Waals surface area contributed by atoms with Gasteiger partial charge in [-0.2, -0.15) is 5.10 Å². The number of alkyl carbamates (subject to hydrolysis) is 1. The van der Waals surface area contributed by atoms with E-state index in [4.69, 9.17) is 4.74 Å². The van der Waals surface area contributed by atoms with Gasteiger partial charge in [0, 0.05) is 25.3 Å². The van der Waals surface area contributed by atoms with Crippen molar-refractivity contribution in [2.75, 3.05) is 13.2 Å². The number of pyridine rings is 1. The van der Waals surface area contributed by atoms with Crippen LogP contribution in [0, 0.1) is 19.8 Å². The Labute approximate surface area is 159 Å². The lowest BCUT2D eigenvalue weighted by atomic mass is 10.0. The number of aryl methyl sites for hydroxylation is 3. The second kappa shape index (κ2) is 8.83. The molecular weight excluding hydrogens is 346 g/mol. The van der Waals surface area contributed by atoms with E-state index < -0.39 is 6.09 Å². The Hall–Kier alpha value is -2.64. The third kappa shape index (κ3) is 5.18. The SMILES string of the molecule is CCOC(=O)NC(CNC(=O)c1cc(C)nc2c1c(C)nn2C)CC(C)C. The summed E-state index contributed by atoms with van der Waals surface area (Å²) in [5.41, 5.74) is 2.73. The average Bonchev–Trinajstić information content (AvgIpc) is 2.85. The summed E-state index contributed by atoms with van der Waals surface area (Å²) in [4.78, 5) is 29.1. The maximum Gasteiger partial charge on any atom is 0.407 e. The van der Waals surface area contributed by atoms with Crippen molar-refractivity contribution in [1.29, 1.82) is 0 Å². The number of ether oxygens (including phenoxy) is 1. The first-order chi connectivity index (χ1) is 12.7. The third-order valence-electron chi connectivity index (χ3n) is 4.20. The zero-order chi connectivity index (χ0) is 20.1. The number of carbonyl (C=O) groups excluding carboxylic acids is 2. The number of amides is 2. The molecule has 0 aliphatic carbocycles. The van der Waals surface area contributed by atoms with Crippen LogP contribution in [-0.4, -0.2) is 46.0 Å². The minimum absolute atomic E-state index is 0.207. The minimum atomic E-state index is -0.470. The number of rotatable bonds is 7. The fourth-order valence-corrected chi connectivity index (χ4v) is 3.16. The molecular formula is C19H29N5O3. The second-order valence-electron chi connectivity index (χ2n) is 7.12. The first-order valence-electron chi connectivity index (χ1n) is 9.25. The van der Waals surface area contributed by atoms with E-state index in [1.807, 2.05) is 20.9 Å². The van der Waals surface area contributed by atoms with Gasteiger partial charge < -0.3 is 15.4 Å². The first kappa shape index (κ1) is 20.7. The molecule has 148 valence electrons. The van der Waals surface area contributed by atoms with Gasteiger partial charge in [0.15, 0.2) is 5.65 Å². The summed E-state index contributed by atoms with van der Waals surface area (Å²) in [5.74, 6) is 0.158. The van der Waals surface area contributed by atoms with E-state index in [-0.39, 0.29) is 11.9 Å². The lowest BCUT2D eigenvalue weighted by Crippen LogP contribution is -2.44. The monoisotopic (exact) mass is 375 g/mol. The topological polar surface area (TPSA) is 98.1 Å². The summed E-state index contributed by atoms with van der Waals surface area (Å²) >= 11 is 0. The molecule has 1 atom stereocenters. The number of carbonyl (C=O) groups is 2. The predicted octanol–water partition coefficient (Wildman–Crippen LogP) is 2.48. The molecule has 0 aromatic carbocycles. The quantitative estimate of drug-likeness (QED) is 0.775. The Morgan fingerprint density at radius 1 is 1.30 bits per heavy atom. The highest BCUT2D eigenvalue weighted by molar-refractivity contribution is 6.06. The third-order valence-corrected chi connectivity index (χ3v) is 4.20. The smallest absolute Gasteiger partial charge is 0.407 e. The van der Waals surface area contributed by atoms with Gasteiger partial charge in [0.05, 0.1) is 23.3 Å². The van der Waals surface area contributed by atoms with Gasteiger partial charge >= 0.3 is 6.09 Å². The summed E-state index contributed by atoms with van der Waals surface area (Å²) in [6.07, 6.45) is 0.262. The molecule has 2 aromatic rings. The van der Waals surface area contributed by atoms with Crippen molar-refractivity contribution >= 4 is 23.0 Å². The van der Waals surface area contributed by atoms with Crippen LogP contribution >= 0.6 is 0 Å². The van der Waals surface area contributed by atoms with Gasteiger partial charge in [-0.05, 0) is 39.2 Å². The highest BCUT2D eigenvalue weighted by atomic mass is 16.5. The largest absolute Gasteiger partial charge is 0.450 e. The number of hydrogen-bond donors (Lipinski definition) is 2. The average molecular weight is 375 g/mol. The minimum Gasteiger partial charge on any atom is -0.450 e. The summed E-state index contributed by atoms with van der Waals surface area (Å²) in [5, 5.41) is 10.9. The molecule has 0 bridgehead atoms. The Bertz CT molecular complexity index is 828. The van der Waals surface area contributed by atoms with E-state index in [1.54, 1.807) is 17.7 Å². The molecule has 0 aliphatic heterocycles. The summed E-state index contributed by atoms with van der Waals surface area (Å²) < 4.78 is 6.63. The lowest BCUT2D eigenvalue weighted by molar-refractivity contribution is 0.0946. The maximum atomic E-state index is 12.9. The number of nitrogens with zero attached hydrogens (tertiary/aromatic N) is 3. The fourth-order valence-electron chi connectivity index (χ4n) is 3.16. The Kier molecular flexibility index (Phi) is 6.76. The van der Waals surface area contributed by atoms with Gasteiger partial charge in [-0.25, -0.2) is 9.78 Å². The highest BCUT2D eigenvalue weighted by Gasteiger charge is 2.20. The van der Waals surface area contributed by atoms with Crippen LogP contribution in [0.1, 0.15) is 48.9 Å². The van der Waals surface area contributed by atoms with E-state index in [0.29, 0.717) is 30.3 Å². The zero-order valence-electron chi connectivity index (χ0n) is 16.9. The van der Waals surface area contributed by atoms with Crippen molar-refractivity contribution in [3.63, 3.8) is 0 Å². The van der Waals surface area contributed by atoms with Gasteiger partial charge in [0.2, 0.25) is 0 Å². The van der Waals surface area contributed by atoms with Crippen LogP contribution in [0.4, 0.5) is 4.79 Å². The fraction of sp³-hybridized carbons (Fsp3) is 0.579. The molecule has 0 radical (unpaired) electrons. The number of aromatic nitrogens is 3. The molecule has 1 unspecified atom stereocenters. The van der Waals surface area contributed by atoms with Crippen molar-refractivity contribution in [3.8, 4) is 0 Å². The molecule has 0 spiro atoms. The Morgan fingerprint density at radius 2 is 2.00 bits per heavy atom. The van der Waals surface area contributed by atoms with Crippen LogP contribution in [0.5, 0.6) is 0 Å². The van der Waals surface area contributed by atoms with Crippen molar-refractivity contribution in [1.82, 2.24) is 25.4 Å².